The van der Waals surface area contributed by atoms with Crippen molar-refractivity contribution in [2.24, 2.45) is 0 Å². The maximum absolute atomic E-state index is 5.54. The highest BCUT2D eigenvalue weighted by molar-refractivity contribution is 5.79. The highest BCUT2D eigenvalue weighted by atomic mass is 15.2. The van der Waals surface area contributed by atoms with Gasteiger partial charge in [-0.25, -0.2) is 15.0 Å². The molecular formula is C6H6N6. The minimum absolute atomic E-state index is 0.331. The summed E-state index contributed by atoms with van der Waals surface area (Å²) >= 11 is 0. The van der Waals surface area contributed by atoms with Crippen LogP contribution in [0.15, 0.2) is 6.33 Å². The molecule has 2 rings (SSSR count). The van der Waals surface area contributed by atoms with Crippen molar-refractivity contribution in [3.8, 4) is 0 Å². The van der Waals surface area contributed by atoms with Gasteiger partial charge >= 0.3 is 0 Å². The van der Waals surface area contributed by atoms with E-state index < -0.39 is 0 Å². The minimum atomic E-state index is 0.331. The Morgan fingerprint density at radius 3 is 2.92 bits per heavy atom. The average molecular weight is 162 g/mol. The Balaban J connectivity index is 2.88. The number of nitrogens with zero attached hydrogens (tertiary/aromatic N) is 5. The van der Waals surface area contributed by atoms with Crippen LogP contribution in [0.1, 0.15) is 5.82 Å². The molecule has 6 nitrogen and oxygen atoms in total. The second kappa shape index (κ2) is 2.33. The number of aromatic nitrogens is 5. The van der Waals surface area contributed by atoms with Crippen molar-refractivity contribution >= 4 is 17.0 Å². The maximum atomic E-state index is 5.54. The SMILES string of the molecule is Cc1nnc2ncnc(N)c2n1. The third-order valence-corrected chi connectivity index (χ3v) is 1.39. The number of anilines is 1. The summed E-state index contributed by atoms with van der Waals surface area (Å²) in [6.45, 7) is 1.74. The van der Waals surface area contributed by atoms with Crippen molar-refractivity contribution in [2.45, 2.75) is 6.92 Å². The van der Waals surface area contributed by atoms with Crippen molar-refractivity contribution < 1.29 is 0 Å². The number of rotatable bonds is 0. The van der Waals surface area contributed by atoms with E-state index in [0.29, 0.717) is 22.8 Å². The van der Waals surface area contributed by atoms with E-state index >= 15 is 0 Å². The number of hydrogen-bond donors (Lipinski definition) is 1. The van der Waals surface area contributed by atoms with Gasteiger partial charge in [0.15, 0.2) is 11.3 Å². The van der Waals surface area contributed by atoms with Crippen LogP contribution < -0.4 is 5.73 Å². The molecule has 0 atom stereocenters. The average Bonchev–Trinajstić information content (AvgIpc) is 2.07. The zero-order chi connectivity index (χ0) is 8.55. The summed E-state index contributed by atoms with van der Waals surface area (Å²) in [6, 6.07) is 0. The lowest BCUT2D eigenvalue weighted by molar-refractivity contribution is 0.932. The second-order valence-electron chi connectivity index (χ2n) is 2.29. The molecule has 0 aromatic carbocycles. The van der Waals surface area contributed by atoms with Crippen LogP contribution in [0.2, 0.25) is 0 Å². The van der Waals surface area contributed by atoms with Gasteiger partial charge in [0.1, 0.15) is 12.2 Å². The molecule has 6 heteroatoms. The molecule has 60 valence electrons. The highest BCUT2D eigenvalue weighted by Gasteiger charge is 2.02. The predicted molar refractivity (Wildman–Crippen MR) is 42.1 cm³/mol. The van der Waals surface area contributed by atoms with E-state index in [1.54, 1.807) is 6.92 Å². The van der Waals surface area contributed by atoms with E-state index in [9.17, 15) is 0 Å². The van der Waals surface area contributed by atoms with Crippen LogP contribution in [0, 0.1) is 6.92 Å². The molecule has 2 N–H and O–H groups in total. The summed E-state index contributed by atoms with van der Waals surface area (Å²) in [4.78, 5) is 11.7. The lowest BCUT2D eigenvalue weighted by Crippen LogP contribution is -2.00. The van der Waals surface area contributed by atoms with Crippen molar-refractivity contribution in [3.63, 3.8) is 0 Å². The molecule has 0 saturated heterocycles. The quantitative estimate of drug-likeness (QED) is 0.572. The monoisotopic (exact) mass is 162 g/mol. The van der Waals surface area contributed by atoms with Crippen molar-refractivity contribution in [1.82, 2.24) is 25.1 Å². The molecule has 2 aromatic heterocycles. The van der Waals surface area contributed by atoms with Crippen molar-refractivity contribution in [3.05, 3.63) is 12.2 Å². The van der Waals surface area contributed by atoms with Gasteiger partial charge in [0.2, 0.25) is 5.65 Å². The Morgan fingerprint density at radius 1 is 1.25 bits per heavy atom. The molecule has 2 heterocycles. The lowest BCUT2D eigenvalue weighted by Gasteiger charge is -1.96. The number of nitrogen functional groups attached to an aromatic ring is 1. The minimum Gasteiger partial charge on any atom is -0.382 e. The molecule has 0 fully saturated rings. The summed E-state index contributed by atoms with van der Waals surface area (Å²) in [6.07, 6.45) is 1.34. The summed E-state index contributed by atoms with van der Waals surface area (Å²) < 4.78 is 0. The smallest absolute Gasteiger partial charge is 0.205 e. The second-order valence-corrected chi connectivity index (χ2v) is 2.29. The third kappa shape index (κ3) is 0.931. The van der Waals surface area contributed by atoms with Crippen molar-refractivity contribution in [1.29, 1.82) is 0 Å². The van der Waals surface area contributed by atoms with Gasteiger partial charge in [-0.3, -0.25) is 0 Å². The zero-order valence-electron chi connectivity index (χ0n) is 6.39. The van der Waals surface area contributed by atoms with Gasteiger partial charge < -0.3 is 5.73 Å². The summed E-state index contributed by atoms with van der Waals surface area (Å²) in [5.41, 5.74) is 6.47. The maximum Gasteiger partial charge on any atom is 0.205 e. The van der Waals surface area contributed by atoms with Crippen LogP contribution in [0.25, 0.3) is 11.2 Å². The first kappa shape index (κ1) is 6.84. The van der Waals surface area contributed by atoms with Crippen LogP contribution in [-0.2, 0) is 0 Å². The van der Waals surface area contributed by atoms with E-state index in [0.717, 1.165) is 0 Å². The van der Waals surface area contributed by atoms with E-state index in [1.807, 2.05) is 0 Å². The first-order chi connectivity index (χ1) is 5.77. The van der Waals surface area contributed by atoms with Gasteiger partial charge in [0.05, 0.1) is 0 Å². The largest absolute Gasteiger partial charge is 0.382 e. The molecule has 0 spiro atoms. The highest BCUT2D eigenvalue weighted by Crippen LogP contribution is 2.09. The fourth-order valence-electron chi connectivity index (χ4n) is 0.867. The summed E-state index contributed by atoms with van der Waals surface area (Å²) in [5.74, 6) is 0.891. The molecule has 0 unspecified atom stereocenters. The van der Waals surface area contributed by atoms with Crippen LogP contribution in [-0.4, -0.2) is 25.1 Å². The van der Waals surface area contributed by atoms with Gasteiger partial charge in [-0.05, 0) is 6.92 Å². The van der Waals surface area contributed by atoms with Crippen LogP contribution in [0.4, 0.5) is 5.82 Å². The Kier molecular flexibility index (Phi) is 1.33. The molecule has 2 aromatic rings. The fraction of sp³-hybridized carbons (Fsp3) is 0.167. The predicted octanol–water partition coefficient (Wildman–Crippen LogP) is -0.295. The van der Waals surface area contributed by atoms with Crippen LogP contribution >= 0.6 is 0 Å². The molecule has 0 aliphatic rings. The lowest BCUT2D eigenvalue weighted by atomic mass is 10.5. The van der Waals surface area contributed by atoms with E-state index in [2.05, 4.69) is 25.1 Å². The number of nitrogens with two attached hydrogens (primary N) is 1. The Morgan fingerprint density at radius 2 is 2.08 bits per heavy atom. The molecule has 0 aliphatic heterocycles. The third-order valence-electron chi connectivity index (χ3n) is 1.39. The van der Waals surface area contributed by atoms with Gasteiger partial charge in [0.25, 0.3) is 0 Å². The molecule has 0 saturated carbocycles. The van der Waals surface area contributed by atoms with Gasteiger partial charge in [-0.2, -0.15) is 0 Å². The first-order valence-electron chi connectivity index (χ1n) is 3.35. The summed E-state index contributed by atoms with van der Waals surface area (Å²) in [7, 11) is 0. The molecule has 0 aliphatic carbocycles. The number of aryl methyl sites for hydroxylation is 1. The molecule has 0 bridgehead atoms. The zero-order valence-corrected chi connectivity index (χ0v) is 6.39. The summed E-state index contributed by atoms with van der Waals surface area (Å²) in [5, 5.41) is 7.54. The molecule has 0 radical (unpaired) electrons. The Hall–Kier alpha value is -1.85. The van der Waals surface area contributed by atoms with E-state index in [4.69, 9.17) is 5.73 Å². The Bertz CT molecular complexity index is 425. The van der Waals surface area contributed by atoms with E-state index in [-0.39, 0.29) is 0 Å². The topological polar surface area (TPSA) is 90.5 Å². The van der Waals surface area contributed by atoms with Crippen LogP contribution in [0.5, 0.6) is 0 Å². The fourth-order valence-corrected chi connectivity index (χ4v) is 0.867. The van der Waals surface area contributed by atoms with Gasteiger partial charge in [0, 0.05) is 0 Å². The first-order valence-corrected chi connectivity index (χ1v) is 3.35. The number of fused-ring (bicyclic) bond motifs is 1. The van der Waals surface area contributed by atoms with Gasteiger partial charge in [-0.1, -0.05) is 0 Å². The molecule has 0 amide bonds. The van der Waals surface area contributed by atoms with E-state index in [1.165, 1.54) is 6.33 Å². The number of hydrogen-bond acceptors (Lipinski definition) is 6. The Labute approximate surface area is 67.9 Å². The molecule has 12 heavy (non-hydrogen) atoms. The van der Waals surface area contributed by atoms with Crippen molar-refractivity contribution in [2.75, 3.05) is 5.73 Å². The normalized spacial score (nSPS) is 10.4. The molecular weight excluding hydrogens is 156 g/mol. The van der Waals surface area contributed by atoms with Gasteiger partial charge in [-0.15, -0.1) is 10.2 Å². The standard InChI is InChI=1S/C6H6N6/c1-3-10-4-5(7)8-2-9-6(4)12-11-3/h2H,1H3,(H2,7,8,9,12). The van der Waals surface area contributed by atoms with Crippen LogP contribution in [0.3, 0.4) is 0 Å².